The quantitative estimate of drug-likeness (QED) is 0.419. The summed E-state index contributed by atoms with van der Waals surface area (Å²) >= 11 is 0. The highest BCUT2D eigenvalue weighted by Gasteiger charge is 2.16. The minimum atomic E-state index is -0.572. The Labute approximate surface area is 201 Å². The lowest BCUT2D eigenvalue weighted by atomic mass is 10.1. The number of ether oxygens (including phenoxy) is 1. The molecule has 1 aliphatic rings. The summed E-state index contributed by atoms with van der Waals surface area (Å²) in [6, 6.07) is 14.2. The van der Waals surface area contributed by atoms with Crippen molar-refractivity contribution < 1.29 is 9.53 Å². The number of nitrogens with one attached hydrogen (secondary N) is 1. The van der Waals surface area contributed by atoms with Gasteiger partial charge in [0.15, 0.2) is 12.4 Å². The van der Waals surface area contributed by atoms with Gasteiger partial charge in [-0.05, 0) is 43.2 Å². The molecule has 5 rings (SSSR count). The van der Waals surface area contributed by atoms with Crippen molar-refractivity contribution in [2.75, 3.05) is 11.1 Å². The number of esters is 1. The second-order valence-corrected chi connectivity index (χ2v) is 8.38. The maximum absolute atomic E-state index is 13.0. The van der Waals surface area contributed by atoms with Crippen molar-refractivity contribution in [1.29, 1.82) is 0 Å². The zero-order chi connectivity index (χ0) is 24.2. The van der Waals surface area contributed by atoms with Crippen LogP contribution in [-0.2, 0) is 24.3 Å². The molecule has 0 radical (unpaired) electrons. The first-order valence-electron chi connectivity index (χ1n) is 11.6. The number of nitrogen functional groups attached to an aromatic ring is 1. The number of hydrogen-bond acceptors (Lipinski definition) is 9. The third kappa shape index (κ3) is 5.11. The van der Waals surface area contributed by atoms with Crippen LogP contribution in [0, 0.1) is 0 Å². The normalized spacial score (nSPS) is 13.5. The van der Waals surface area contributed by atoms with Crippen LogP contribution >= 0.6 is 0 Å². The maximum atomic E-state index is 13.0. The standard InChI is InChI=1S/C25H25N7O3/c26-24-29-20(30-25(31-24)27-17-8-4-3-5-9-17)15-35-23(34)16-11-12-18-19(14-16)28-21-10-6-1-2-7-13-32(21)22(18)33/h3-5,8-9,11-12,14H,1-2,6-7,10,13,15H2,(H3,26,27,29,30,31). The van der Waals surface area contributed by atoms with Crippen LogP contribution in [-0.4, -0.2) is 30.5 Å². The molecule has 0 fully saturated rings. The number of fused-ring (bicyclic) bond motifs is 2. The second kappa shape index (κ2) is 9.88. The van der Waals surface area contributed by atoms with Crippen molar-refractivity contribution in [1.82, 2.24) is 24.5 Å². The van der Waals surface area contributed by atoms with Crippen molar-refractivity contribution in [3.63, 3.8) is 0 Å². The number of aromatic nitrogens is 5. The Morgan fingerprint density at radius 3 is 2.69 bits per heavy atom. The molecule has 0 spiro atoms. The van der Waals surface area contributed by atoms with Gasteiger partial charge in [-0.15, -0.1) is 0 Å². The number of nitrogens with two attached hydrogens (primary N) is 1. The van der Waals surface area contributed by atoms with E-state index in [2.05, 4.69) is 20.3 Å². The molecule has 0 atom stereocenters. The molecule has 3 N–H and O–H groups in total. The van der Waals surface area contributed by atoms with Crippen molar-refractivity contribution in [2.24, 2.45) is 0 Å². The number of benzene rings is 2. The zero-order valence-corrected chi connectivity index (χ0v) is 19.1. The SMILES string of the molecule is Nc1nc(COC(=O)c2ccc3c(=O)n4c(nc3c2)CCCCCC4)nc(Nc2ccccc2)n1. The first kappa shape index (κ1) is 22.5. The molecule has 178 valence electrons. The second-order valence-electron chi connectivity index (χ2n) is 8.38. The number of para-hydroxylation sites is 1. The van der Waals surface area contributed by atoms with Gasteiger partial charge in [-0.3, -0.25) is 9.36 Å². The van der Waals surface area contributed by atoms with Gasteiger partial charge in [-0.1, -0.05) is 31.0 Å². The zero-order valence-electron chi connectivity index (χ0n) is 19.1. The molecule has 0 saturated carbocycles. The van der Waals surface area contributed by atoms with E-state index in [1.165, 1.54) is 0 Å². The minimum absolute atomic E-state index is 0.0105. The fourth-order valence-electron chi connectivity index (χ4n) is 4.14. The molecule has 0 aliphatic carbocycles. The molecule has 3 heterocycles. The van der Waals surface area contributed by atoms with E-state index in [0.29, 0.717) is 23.0 Å². The van der Waals surface area contributed by atoms with E-state index in [4.69, 9.17) is 15.5 Å². The number of anilines is 3. The first-order chi connectivity index (χ1) is 17.1. The number of nitrogens with zero attached hydrogens (tertiary/aromatic N) is 5. The fourth-order valence-corrected chi connectivity index (χ4v) is 4.14. The van der Waals surface area contributed by atoms with E-state index in [0.717, 1.165) is 43.6 Å². The third-order valence-electron chi connectivity index (χ3n) is 5.86. The predicted octanol–water partition coefficient (Wildman–Crippen LogP) is 3.38. The average molecular weight is 472 g/mol. The van der Waals surface area contributed by atoms with Crippen molar-refractivity contribution in [2.45, 2.75) is 45.3 Å². The molecular formula is C25H25N7O3. The lowest BCUT2D eigenvalue weighted by Gasteiger charge is -2.16. The molecule has 4 aromatic rings. The van der Waals surface area contributed by atoms with E-state index in [1.54, 1.807) is 22.8 Å². The van der Waals surface area contributed by atoms with E-state index < -0.39 is 5.97 Å². The minimum Gasteiger partial charge on any atom is -0.454 e. The van der Waals surface area contributed by atoms with Gasteiger partial charge in [0.25, 0.3) is 5.56 Å². The van der Waals surface area contributed by atoms with E-state index in [9.17, 15) is 9.59 Å². The Hall–Kier alpha value is -4.34. The van der Waals surface area contributed by atoms with Gasteiger partial charge in [-0.2, -0.15) is 15.0 Å². The van der Waals surface area contributed by atoms with Gasteiger partial charge in [0.2, 0.25) is 11.9 Å². The fraction of sp³-hybridized carbons (Fsp3) is 0.280. The predicted molar refractivity (Wildman–Crippen MR) is 131 cm³/mol. The smallest absolute Gasteiger partial charge is 0.338 e. The van der Waals surface area contributed by atoms with Crippen molar-refractivity contribution in [3.8, 4) is 0 Å². The number of carbonyl (C=O) groups is 1. The van der Waals surface area contributed by atoms with Crippen LogP contribution in [0.4, 0.5) is 17.6 Å². The van der Waals surface area contributed by atoms with Gasteiger partial charge in [0.1, 0.15) is 5.82 Å². The third-order valence-corrected chi connectivity index (χ3v) is 5.86. The van der Waals surface area contributed by atoms with E-state index in [-0.39, 0.29) is 29.9 Å². The molecule has 0 unspecified atom stereocenters. The van der Waals surface area contributed by atoms with Gasteiger partial charge >= 0.3 is 5.97 Å². The Kier molecular flexibility index (Phi) is 6.34. The summed E-state index contributed by atoms with van der Waals surface area (Å²) < 4.78 is 7.19. The maximum Gasteiger partial charge on any atom is 0.338 e. The van der Waals surface area contributed by atoms with Gasteiger partial charge in [0.05, 0.1) is 16.5 Å². The summed E-state index contributed by atoms with van der Waals surface area (Å²) in [7, 11) is 0. The molecule has 35 heavy (non-hydrogen) atoms. The molecule has 0 bridgehead atoms. The van der Waals surface area contributed by atoms with Crippen LogP contribution in [0.25, 0.3) is 10.9 Å². The Bertz CT molecular complexity index is 1440. The van der Waals surface area contributed by atoms with Gasteiger partial charge < -0.3 is 15.8 Å². The Balaban J connectivity index is 1.33. The highest BCUT2D eigenvalue weighted by Crippen LogP contribution is 2.18. The van der Waals surface area contributed by atoms with Crippen LogP contribution in [0.1, 0.15) is 47.7 Å². The molecule has 0 amide bonds. The van der Waals surface area contributed by atoms with Crippen molar-refractivity contribution >= 4 is 34.5 Å². The van der Waals surface area contributed by atoms with E-state index >= 15 is 0 Å². The molecule has 2 aromatic heterocycles. The van der Waals surface area contributed by atoms with Crippen LogP contribution in [0.3, 0.4) is 0 Å². The molecule has 1 aliphatic heterocycles. The number of carbonyl (C=O) groups excluding carboxylic acids is 1. The Morgan fingerprint density at radius 1 is 1.00 bits per heavy atom. The Morgan fingerprint density at radius 2 is 1.83 bits per heavy atom. The average Bonchev–Trinajstić information content (AvgIpc) is 2.84. The lowest BCUT2D eigenvalue weighted by molar-refractivity contribution is 0.0462. The van der Waals surface area contributed by atoms with Gasteiger partial charge in [0, 0.05) is 18.7 Å². The molecule has 0 saturated heterocycles. The monoisotopic (exact) mass is 471 g/mol. The summed E-state index contributed by atoms with van der Waals surface area (Å²) in [4.78, 5) is 42.8. The summed E-state index contributed by atoms with van der Waals surface area (Å²) in [5.41, 5.74) is 7.31. The number of hydrogen-bond donors (Lipinski definition) is 2. The van der Waals surface area contributed by atoms with Gasteiger partial charge in [-0.25, -0.2) is 9.78 Å². The summed E-state index contributed by atoms with van der Waals surface area (Å²) in [6.07, 6.45) is 4.96. The summed E-state index contributed by atoms with van der Waals surface area (Å²) in [5.74, 6) is 0.671. The first-order valence-corrected chi connectivity index (χ1v) is 11.6. The molecule has 10 nitrogen and oxygen atoms in total. The summed E-state index contributed by atoms with van der Waals surface area (Å²) in [5, 5.41) is 3.53. The highest BCUT2D eigenvalue weighted by atomic mass is 16.5. The highest BCUT2D eigenvalue weighted by molar-refractivity contribution is 5.94. The lowest BCUT2D eigenvalue weighted by Crippen LogP contribution is -2.26. The van der Waals surface area contributed by atoms with Crippen LogP contribution in [0.2, 0.25) is 0 Å². The largest absolute Gasteiger partial charge is 0.454 e. The molecular weight excluding hydrogens is 446 g/mol. The van der Waals surface area contributed by atoms with E-state index in [1.807, 2.05) is 30.3 Å². The van der Waals surface area contributed by atoms with Crippen LogP contribution < -0.4 is 16.6 Å². The number of rotatable bonds is 5. The van der Waals surface area contributed by atoms with Crippen LogP contribution in [0.15, 0.2) is 53.3 Å². The number of aryl methyl sites for hydroxylation is 1. The molecule has 2 aromatic carbocycles. The van der Waals surface area contributed by atoms with Crippen molar-refractivity contribution in [3.05, 3.63) is 76.1 Å². The topological polar surface area (TPSA) is 138 Å². The van der Waals surface area contributed by atoms with Crippen LogP contribution in [0.5, 0.6) is 0 Å². The summed E-state index contributed by atoms with van der Waals surface area (Å²) in [6.45, 7) is 0.490. The molecule has 10 heteroatoms.